The van der Waals surface area contributed by atoms with Crippen LogP contribution in [-0.2, 0) is 12.6 Å². The van der Waals surface area contributed by atoms with E-state index >= 15 is 0 Å². The van der Waals surface area contributed by atoms with Crippen LogP contribution in [0.5, 0.6) is 0 Å². The number of hydrogen-bond donors (Lipinski definition) is 2. The molecular formula is C18H22F3IN4S. The van der Waals surface area contributed by atoms with Gasteiger partial charge in [-0.2, -0.15) is 13.2 Å². The molecule has 3 rings (SSSR count). The molecule has 2 unspecified atom stereocenters. The Kier molecular flexibility index (Phi) is 7.90. The van der Waals surface area contributed by atoms with Gasteiger partial charge in [0.25, 0.3) is 0 Å². The number of nitrogens with one attached hydrogen (secondary N) is 2. The fourth-order valence-corrected chi connectivity index (χ4v) is 3.53. The van der Waals surface area contributed by atoms with Gasteiger partial charge >= 0.3 is 6.18 Å². The third-order valence-corrected chi connectivity index (χ3v) is 5.03. The average Bonchev–Trinajstić information content (AvgIpc) is 3.19. The third kappa shape index (κ3) is 6.34. The smallest absolute Gasteiger partial charge is 0.357 e. The Morgan fingerprint density at radius 2 is 2.04 bits per heavy atom. The highest BCUT2D eigenvalue weighted by molar-refractivity contribution is 14.0. The van der Waals surface area contributed by atoms with Crippen LogP contribution in [0.2, 0.25) is 0 Å². The van der Waals surface area contributed by atoms with Crippen molar-refractivity contribution in [3.8, 4) is 0 Å². The molecule has 1 aromatic heterocycles. The van der Waals surface area contributed by atoms with Gasteiger partial charge in [-0.1, -0.05) is 30.3 Å². The van der Waals surface area contributed by atoms with Crippen LogP contribution in [0, 0.1) is 0 Å². The highest BCUT2D eigenvalue weighted by atomic mass is 127. The molecule has 1 aliphatic carbocycles. The minimum absolute atomic E-state index is 0. The van der Waals surface area contributed by atoms with Crippen LogP contribution in [0.3, 0.4) is 0 Å². The van der Waals surface area contributed by atoms with E-state index in [2.05, 4.69) is 32.7 Å². The molecule has 2 atom stereocenters. The lowest BCUT2D eigenvalue weighted by Crippen LogP contribution is -2.39. The summed E-state index contributed by atoms with van der Waals surface area (Å²) in [5.74, 6) is 1.18. The molecule has 1 fully saturated rings. The number of halogens is 4. The van der Waals surface area contributed by atoms with Gasteiger partial charge in [-0.15, -0.1) is 35.3 Å². The molecule has 1 heterocycles. The summed E-state index contributed by atoms with van der Waals surface area (Å²) in [4.78, 5) is 8.10. The van der Waals surface area contributed by atoms with Gasteiger partial charge in [0.1, 0.15) is 0 Å². The molecule has 1 saturated carbocycles. The predicted molar refractivity (Wildman–Crippen MR) is 113 cm³/mol. The monoisotopic (exact) mass is 510 g/mol. The summed E-state index contributed by atoms with van der Waals surface area (Å²) in [6, 6.07) is 10.7. The number of nitrogens with zero attached hydrogens (tertiary/aromatic N) is 2. The molecule has 9 heteroatoms. The number of guanidine groups is 1. The molecule has 0 saturated heterocycles. The predicted octanol–water partition coefficient (Wildman–Crippen LogP) is 4.43. The second kappa shape index (κ2) is 9.72. The zero-order valence-electron chi connectivity index (χ0n) is 14.8. The molecule has 4 nitrogen and oxygen atoms in total. The van der Waals surface area contributed by atoms with Crippen LogP contribution in [0.25, 0.3) is 0 Å². The average molecular weight is 510 g/mol. The molecule has 2 aromatic rings. The lowest BCUT2D eigenvalue weighted by atomic mass is 10.1. The number of alkyl halides is 3. The highest BCUT2D eigenvalue weighted by Gasteiger charge is 2.38. The van der Waals surface area contributed by atoms with Crippen LogP contribution in [0.4, 0.5) is 13.2 Å². The molecular weight excluding hydrogens is 488 g/mol. The van der Waals surface area contributed by atoms with E-state index in [0.717, 1.165) is 29.7 Å². The van der Waals surface area contributed by atoms with Crippen LogP contribution < -0.4 is 10.6 Å². The van der Waals surface area contributed by atoms with Crippen molar-refractivity contribution in [1.29, 1.82) is 0 Å². The SMILES string of the molecule is CCNC(=NCCc1nc(C(F)(F)F)cs1)NC1CC1c1ccccc1.I. The number of thiazole rings is 1. The van der Waals surface area contributed by atoms with E-state index in [1.807, 2.05) is 25.1 Å². The van der Waals surface area contributed by atoms with Crippen LogP contribution in [0.15, 0.2) is 40.7 Å². The lowest BCUT2D eigenvalue weighted by molar-refractivity contribution is -0.140. The molecule has 0 amide bonds. The van der Waals surface area contributed by atoms with Gasteiger partial charge in [0.05, 0.1) is 5.01 Å². The van der Waals surface area contributed by atoms with Gasteiger partial charge < -0.3 is 10.6 Å². The van der Waals surface area contributed by atoms with Crippen molar-refractivity contribution in [1.82, 2.24) is 15.6 Å². The normalized spacial score (nSPS) is 19.3. The number of hydrogen-bond acceptors (Lipinski definition) is 3. The Morgan fingerprint density at radius 1 is 1.30 bits per heavy atom. The fourth-order valence-electron chi connectivity index (χ4n) is 2.74. The third-order valence-electron chi connectivity index (χ3n) is 4.12. The standard InChI is InChI=1S/C18H21F3N4S.HI/c1-2-22-17(24-14-10-13(14)12-6-4-3-5-7-12)23-9-8-16-25-15(11-26-16)18(19,20)21;/h3-7,11,13-14H,2,8-10H2,1H3,(H2,22,23,24);1H. The van der Waals surface area contributed by atoms with Crippen LogP contribution in [0.1, 0.15) is 35.5 Å². The maximum atomic E-state index is 12.6. The van der Waals surface area contributed by atoms with Crippen molar-refractivity contribution in [2.24, 2.45) is 4.99 Å². The quantitative estimate of drug-likeness (QED) is 0.344. The van der Waals surface area contributed by atoms with E-state index in [1.165, 1.54) is 5.56 Å². The molecule has 148 valence electrons. The van der Waals surface area contributed by atoms with Gasteiger partial charge in [-0.25, -0.2) is 4.98 Å². The molecule has 0 spiro atoms. The molecule has 27 heavy (non-hydrogen) atoms. The first kappa shape index (κ1) is 21.9. The van der Waals surface area contributed by atoms with Crippen molar-refractivity contribution in [3.63, 3.8) is 0 Å². The number of rotatable bonds is 6. The Labute approximate surface area is 177 Å². The summed E-state index contributed by atoms with van der Waals surface area (Å²) in [6.07, 6.45) is -2.94. The minimum atomic E-state index is -4.38. The summed E-state index contributed by atoms with van der Waals surface area (Å²) in [6.45, 7) is 3.10. The second-order valence-electron chi connectivity index (χ2n) is 6.14. The van der Waals surface area contributed by atoms with E-state index < -0.39 is 11.9 Å². The lowest BCUT2D eigenvalue weighted by Gasteiger charge is -2.11. The Bertz CT molecular complexity index is 749. The Morgan fingerprint density at radius 3 is 2.67 bits per heavy atom. The maximum absolute atomic E-state index is 12.6. The van der Waals surface area contributed by atoms with Crippen molar-refractivity contribution in [3.05, 3.63) is 52.0 Å². The first-order valence-electron chi connectivity index (χ1n) is 8.58. The van der Waals surface area contributed by atoms with Crippen molar-refractivity contribution in [2.75, 3.05) is 13.1 Å². The molecule has 0 aliphatic heterocycles. The van der Waals surface area contributed by atoms with Gasteiger partial charge in [-0.3, -0.25) is 4.99 Å². The van der Waals surface area contributed by atoms with E-state index in [4.69, 9.17) is 0 Å². The second-order valence-corrected chi connectivity index (χ2v) is 7.08. The summed E-state index contributed by atoms with van der Waals surface area (Å²) in [5, 5.41) is 8.08. The summed E-state index contributed by atoms with van der Waals surface area (Å²) in [7, 11) is 0. The number of aliphatic imine (C=N–C) groups is 1. The number of aromatic nitrogens is 1. The first-order chi connectivity index (χ1) is 12.5. The first-order valence-corrected chi connectivity index (χ1v) is 9.46. The van der Waals surface area contributed by atoms with E-state index in [-0.39, 0.29) is 24.0 Å². The van der Waals surface area contributed by atoms with Crippen molar-refractivity contribution < 1.29 is 13.2 Å². The summed E-state index contributed by atoms with van der Waals surface area (Å²) >= 11 is 1.02. The van der Waals surface area contributed by atoms with Crippen molar-refractivity contribution in [2.45, 2.75) is 37.9 Å². The Balaban J connectivity index is 0.00000261. The van der Waals surface area contributed by atoms with Gasteiger partial charge in [0.2, 0.25) is 0 Å². The topological polar surface area (TPSA) is 49.3 Å². The molecule has 0 radical (unpaired) electrons. The van der Waals surface area contributed by atoms with E-state index in [9.17, 15) is 13.2 Å². The fraction of sp³-hybridized carbons (Fsp3) is 0.444. The summed E-state index contributed by atoms with van der Waals surface area (Å²) in [5.41, 5.74) is 0.485. The summed E-state index contributed by atoms with van der Waals surface area (Å²) < 4.78 is 37.7. The largest absolute Gasteiger partial charge is 0.434 e. The molecule has 1 aliphatic rings. The van der Waals surface area contributed by atoms with E-state index in [0.29, 0.717) is 35.9 Å². The highest BCUT2D eigenvalue weighted by Crippen LogP contribution is 2.40. The van der Waals surface area contributed by atoms with Crippen LogP contribution >= 0.6 is 35.3 Å². The van der Waals surface area contributed by atoms with Gasteiger partial charge in [-0.05, 0) is 18.9 Å². The van der Waals surface area contributed by atoms with Gasteiger partial charge in [0, 0.05) is 36.9 Å². The molecule has 1 aromatic carbocycles. The zero-order valence-corrected chi connectivity index (χ0v) is 17.9. The van der Waals surface area contributed by atoms with Crippen LogP contribution in [-0.4, -0.2) is 30.1 Å². The van der Waals surface area contributed by atoms with Crippen molar-refractivity contribution >= 4 is 41.3 Å². The zero-order chi connectivity index (χ0) is 18.6. The molecule has 0 bridgehead atoms. The minimum Gasteiger partial charge on any atom is -0.357 e. The van der Waals surface area contributed by atoms with E-state index in [1.54, 1.807) is 0 Å². The molecule has 2 N–H and O–H groups in total. The number of benzene rings is 1. The maximum Gasteiger partial charge on any atom is 0.434 e. The Hall–Kier alpha value is -1.36. The van der Waals surface area contributed by atoms with Gasteiger partial charge in [0.15, 0.2) is 11.7 Å².